The van der Waals surface area contributed by atoms with Crippen LogP contribution in [0, 0.1) is 0 Å². The molecule has 0 saturated heterocycles. The smallest absolute Gasteiger partial charge is 0.317 e. The van der Waals surface area contributed by atoms with Crippen LogP contribution in [0.4, 0.5) is 4.79 Å². The van der Waals surface area contributed by atoms with Crippen molar-refractivity contribution in [2.45, 2.75) is 38.3 Å². The highest BCUT2D eigenvalue weighted by Gasteiger charge is 2.18. The maximum absolute atomic E-state index is 12.4. The number of aliphatic hydroxyl groups is 1. The van der Waals surface area contributed by atoms with Gasteiger partial charge in [-0.05, 0) is 31.2 Å². The summed E-state index contributed by atoms with van der Waals surface area (Å²) in [4.78, 5) is 14.2. The van der Waals surface area contributed by atoms with Crippen LogP contribution in [0.25, 0.3) is 0 Å². The van der Waals surface area contributed by atoms with Gasteiger partial charge in [-0.1, -0.05) is 42.5 Å². The third kappa shape index (κ3) is 5.23. The van der Waals surface area contributed by atoms with Gasteiger partial charge in [0.2, 0.25) is 0 Å². The van der Waals surface area contributed by atoms with E-state index in [0.717, 1.165) is 24.8 Å². The zero-order chi connectivity index (χ0) is 14.9. The van der Waals surface area contributed by atoms with E-state index in [4.69, 9.17) is 5.11 Å². The van der Waals surface area contributed by atoms with Crippen molar-refractivity contribution in [1.29, 1.82) is 0 Å². The minimum Gasteiger partial charge on any atom is -0.396 e. The molecular weight excluding hydrogens is 264 g/mol. The summed E-state index contributed by atoms with van der Waals surface area (Å²) in [5.74, 6) is 0. The van der Waals surface area contributed by atoms with E-state index in [1.165, 1.54) is 0 Å². The van der Waals surface area contributed by atoms with Gasteiger partial charge >= 0.3 is 6.03 Å². The number of hydrogen-bond donors (Lipinski definition) is 2. The minimum absolute atomic E-state index is 0.0346. The highest BCUT2D eigenvalue weighted by atomic mass is 16.3. The van der Waals surface area contributed by atoms with Gasteiger partial charge in [0.25, 0.3) is 0 Å². The van der Waals surface area contributed by atoms with Crippen molar-refractivity contribution in [2.75, 3.05) is 13.2 Å². The lowest BCUT2D eigenvalue weighted by Crippen LogP contribution is -2.45. The van der Waals surface area contributed by atoms with Crippen LogP contribution in [0.5, 0.6) is 0 Å². The molecule has 0 spiro atoms. The maximum Gasteiger partial charge on any atom is 0.317 e. The number of aliphatic hydroxyl groups excluding tert-OH is 1. The second-order valence-corrected chi connectivity index (χ2v) is 5.42. The summed E-state index contributed by atoms with van der Waals surface area (Å²) < 4.78 is 0. The molecule has 0 fully saturated rings. The van der Waals surface area contributed by atoms with Crippen molar-refractivity contribution < 1.29 is 9.90 Å². The van der Waals surface area contributed by atoms with Crippen LogP contribution in [0.15, 0.2) is 42.5 Å². The molecule has 1 aromatic carbocycles. The lowest BCUT2D eigenvalue weighted by molar-refractivity contribution is 0.182. The lowest BCUT2D eigenvalue weighted by atomic mass is 10.0. The quantitative estimate of drug-likeness (QED) is 0.791. The van der Waals surface area contributed by atoms with Gasteiger partial charge in [0.05, 0.1) is 0 Å². The standard InChI is InChI=1S/C17H24N2O2/c20-13-7-12-19(14-15-8-3-1-4-9-15)17(21)18-16-10-5-2-6-11-16/h1-5,8-9,16,20H,6-7,10-14H2,(H,18,21). The molecule has 0 bridgehead atoms. The zero-order valence-electron chi connectivity index (χ0n) is 12.4. The van der Waals surface area contributed by atoms with Gasteiger partial charge in [-0.3, -0.25) is 0 Å². The fourth-order valence-corrected chi connectivity index (χ4v) is 2.51. The van der Waals surface area contributed by atoms with E-state index in [2.05, 4.69) is 17.5 Å². The van der Waals surface area contributed by atoms with Gasteiger partial charge in [-0.15, -0.1) is 0 Å². The lowest BCUT2D eigenvalue weighted by Gasteiger charge is -2.27. The van der Waals surface area contributed by atoms with E-state index in [9.17, 15) is 4.79 Å². The Hall–Kier alpha value is -1.81. The van der Waals surface area contributed by atoms with Crippen molar-refractivity contribution in [3.63, 3.8) is 0 Å². The van der Waals surface area contributed by atoms with Crippen molar-refractivity contribution in [2.24, 2.45) is 0 Å². The number of allylic oxidation sites excluding steroid dienone is 1. The molecule has 4 heteroatoms. The summed E-state index contributed by atoms with van der Waals surface area (Å²) in [6.07, 6.45) is 7.83. The summed E-state index contributed by atoms with van der Waals surface area (Å²) in [6.45, 7) is 1.25. The van der Waals surface area contributed by atoms with E-state index in [1.807, 2.05) is 30.3 Å². The van der Waals surface area contributed by atoms with Crippen molar-refractivity contribution in [3.8, 4) is 0 Å². The first-order valence-corrected chi connectivity index (χ1v) is 7.65. The number of carbonyl (C=O) groups excluding carboxylic acids is 1. The Kier molecular flexibility index (Phi) is 6.28. The molecule has 4 nitrogen and oxygen atoms in total. The van der Waals surface area contributed by atoms with Crippen molar-refractivity contribution in [3.05, 3.63) is 48.0 Å². The van der Waals surface area contributed by atoms with E-state index in [1.54, 1.807) is 4.90 Å². The van der Waals surface area contributed by atoms with Crippen LogP contribution in [0.2, 0.25) is 0 Å². The largest absolute Gasteiger partial charge is 0.396 e. The number of urea groups is 1. The van der Waals surface area contributed by atoms with Gasteiger partial charge in [-0.2, -0.15) is 0 Å². The Morgan fingerprint density at radius 1 is 1.29 bits per heavy atom. The molecule has 21 heavy (non-hydrogen) atoms. The molecule has 1 aromatic rings. The summed E-state index contributed by atoms with van der Waals surface area (Å²) >= 11 is 0. The maximum atomic E-state index is 12.4. The number of hydrogen-bond acceptors (Lipinski definition) is 2. The number of nitrogens with zero attached hydrogens (tertiary/aromatic N) is 1. The molecule has 2 N–H and O–H groups in total. The SMILES string of the molecule is O=C(NC1CC=CCC1)N(CCCO)Cc1ccccc1. The molecule has 1 aliphatic carbocycles. The average molecular weight is 288 g/mol. The second kappa shape index (κ2) is 8.47. The van der Waals surface area contributed by atoms with Crippen LogP contribution < -0.4 is 5.32 Å². The Labute approximate surface area is 126 Å². The van der Waals surface area contributed by atoms with Crippen molar-refractivity contribution >= 4 is 6.03 Å². The Bertz CT molecular complexity index is 459. The zero-order valence-corrected chi connectivity index (χ0v) is 12.4. The average Bonchev–Trinajstić information content (AvgIpc) is 2.53. The van der Waals surface area contributed by atoms with E-state index in [-0.39, 0.29) is 18.7 Å². The monoisotopic (exact) mass is 288 g/mol. The molecule has 1 atom stereocenters. The van der Waals surface area contributed by atoms with Gasteiger partial charge in [0.1, 0.15) is 0 Å². The molecule has 0 aliphatic heterocycles. The first-order valence-electron chi connectivity index (χ1n) is 7.65. The molecule has 0 radical (unpaired) electrons. The van der Waals surface area contributed by atoms with Crippen LogP contribution in [-0.2, 0) is 6.54 Å². The predicted octanol–water partition coefficient (Wildman–Crippen LogP) is 2.69. The Morgan fingerprint density at radius 2 is 2.10 bits per heavy atom. The molecule has 2 rings (SSSR count). The molecule has 1 unspecified atom stereocenters. The number of benzene rings is 1. The fraction of sp³-hybridized carbons (Fsp3) is 0.471. The van der Waals surface area contributed by atoms with Gasteiger partial charge < -0.3 is 15.3 Å². The van der Waals surface area contributed by atoms with Gasteiger partial charge in [-0.25, -0.2) is 4.79 Å². The van der Waals surface area contributed by atoms with Crippen LogP contribution in [0.3, 0.4) is 0 Å². The molecular formula is C17H24N2O2. The third-order valence-electron chi connectivity index (χ3n) is 3.69. The summed E-state index contributed by atoms with van der Waals surface area (Å²) in [6, 6.07) is 10.1. The number of nitrogens with one attached hydrogen (secondary N) is 1. The highest BCUT2D eigenvalue weighted by molar-refractivity contribution is 5.74. The molecule has 0 heterocycles. The Balaban J connectivity index is 1.93. The second-order valence-electron chi connectivity index (χ2n) is 5.42. The van der Waals surface area contributed by atoms with Crippen LogP contribution in [0.1, 0.15) is 31.2 Å². The molecule has 114 valence electrons. The topological polar surface area (TPSA) is 52.6 Å². The van der Waals surface area contributed by atoms with Crippen LogP contribution in [-0.4, -0.2) is 35.2 Å². The van der Waals surface area contributed by atoms with E-state index >= 15 is 0 Å². The van der Waals surface area contributed by atoms with Crippen molar-refractivity contribution in [1.82, 2.24) is 10.2 Å². The van der Waals surface area contributed by atoms with Gasteiger partial charge in [0, 0.05) is 25.7 Å². The summed E-state index contributed by atoms with van der Waals surface area (Å²) in [5.41, 5.74) is 1.11. The van der Waals surface area contributed by atoms with Crippen LogP contribution >= 0.6 is 0 Å². The molecule has 0 aromatic heterocycles. The first-order chi connectivity index (χ1) is 10.3. The third-order valence-corrected chi connectivity index (χ3v) is 3.69. The minimum atomic E-state index is -0.0346. The number of carbonyl (C=O) groups is 1. The fourth-order valence-electron chi connectivity index (χ4n) is 2.51. The number of rotatable bonds is 6. The van der Waals surface area contributed by atoms with Gasteiger partial charge in [0.15, 0.2) is 0 Å². The predicted molar refractivity (Wildman–Crippen MR) is 83.9 cm³/mol. The summed E-state index contributed by atoms with van der Waals surface area (Å²) in [5, 5.41) is 12.1. The Morgan fingerprint density at radius 3 is 2.76 bits per heavy atom. The van der Waals surface area contributed by atoms with E-state index < -0.39 is 0 Å². The summed E-state index contributed by atoms with van der Waals surface area (Å²) in [7, 11) is 0. The first kappa shape index (κ1) is 15.6. The molecule has 0 saturated carbocycles. The highest BCUT2D eigenvalue weighted by Crippen LogP contribution is 2.12. The molecule has 1 aliphatic rings. The molecule has 2 amide bonds. The van der Waals surface area contributed by atoms with E-state index in [0.29, 0.717) is 19.5 Å². The normalized spacial score (nSPS) is 17.5. The number of amides is 2.